The van der Waals surface area contributed by atoms with E-state index in [-0.39, 0.29) is 12.5 Å². The Bertz CT molecular complexity index is 499. The summed E-state index contributed by atoms with van der Waals surface area (Å²) in [7, 11) is 0. The Hall–Kier alpha value is -1.56. The summed E-state index contributed by atoms with van der Waals surface area (Å²) in [5.74, 6) is -0.257. The van der Waals surface area contributed by atoms with E-state index in [1.54, 1.807) is 0 Å². The molecule has 2 atom stereocenters. The van der Waals surface area contributed by atoms with Gasteiger partial charge in [0.05, 0.1) is 12.5 Å². The molecule has 0 spiro atoms. The largest absolute Gasteiger partial charge is 0.390 e. The van der Waals surface area contributed by atoms with E-state index in [4.69, 9.17) is 0 Å². The molecule has 2 unspecified atom stereocenters. The van der Waals surface area contributed by atoms with Gasteiger partial charge in [-0.15, -0.1) is 0 Å². The van der Waals surface area contributed by atoms with Gasteiger partial charge in [0.1, 0.15) is 6.17 Å². The number of benzene rings is 1. The average Bonchev–Trinajstić information content (AvgIpc) is 2.73. The molecule has 6 heteroatoms. The van der Waals surface area contributed by atoms with Crippen LogP contribution in [0, 0.1) is 6.92 Å². The molecule has 21 heavy (non-hydrogen) atoms. The van der Waals surface area contributed by atoms with Crippen LogP contribution in [0.1, 0.15) is 37.1 Å². The van der Waals surface area contributed by atoms with Crippen LogP contribution < -0.4 is 5.32 Å². The van der Waals surface area contributed by atoms with Gasteiger partial charge in [0, 0.05) is 6.54 Å². The second-order valence-corrected chi connectivity index (χ2v) is 5.34. The van der Waals surface area contributed by atoms with Crippen LogP contribution >= 0.6 is 0 Å². The van der Waals surface area contributed by atoms with Crippen molar-refractivity contribution in [3.63, 3.8) is 0 Å². The van der Waals surface area contributed by atoms with Crippen molar-refractivity contribution in [1.29, 1.82) is 0 Å². The van der Waals surface area contributed by atoms with Gasteiger partial charge in [-0.05, 0) is 18.9 Å². The van der Waals surface area contributed by atoms with E-state index in [0.717, 1.165) is 11.1 Å². The first-order valence-electron chi connectivity index (χ1n) is 7.01. The average molecular weight is 300 g/mol. The molecular weight excluding hydrogens is 281 g/mol. The fourth-order valence-electron chi connectivity index (χ4n) is 2.48. The van der Waals surface area contributed by atoms with E-state index in [0.29, 0.717) is 6.42 Å². The summed E-state index contributed by atoms with van der Waals surface area (Å²) in [4.78, 5) is 13.5. The Morgan fingerprint density at radius 1 is 1.24 bits per heavy atom. The van der Waals surface area contributed by atoms with E-state index in [1.165, 1.54) is 4.90 Å². The van der Waals surface area contributed by atoms with Crippen molar-refractivity contribution in [1.82, 2.24) is 10.2 Å². The van der Waals surface area contributed by atoms with Gasteiger partial charge in [0.25, 0.3) is 0 Å². The van der Waals surface area contributed by atoms with Crippen molar-refractivity contribution >= 4 is 5.91 Å². The minimum Gasteiger partial charge on any atom is -0.321 e. The maximum Gasteiger partial charge on any atom is 0.390 e. The second kappa shape index (κ2) is 6.05. The van der Waals surface area contributed by atoms with Gasteiger partial charge in [0.2, 0.25) is 5.91 Å². The molecule has 0 bridgehead atoms. The van der Waals surface area contributed by atoms with Crippen LogP contribution in [0.25, 0.3) is 0 Å². The van der Waals surface area contributed by atoms with E-state index < -0.39 is 24.8 Å². The van der Waals surface area contributed by atoms with Gasteiger partial charge in [-0.1, -0.05) is 36.8 Å². The Balaban J connectivity index is 2.20. The molecule has 1 aromatic carbocycles. The van der Waals surface area contributed by atoms with Crippen LogP contribution in [0.2, 0.25) is 0 Å². The topological polar surface area (TPSA) is 32.3 Å². The standard InChI is InChI=1S/C15H19F3N2O/c1-3-12-14(21)20(9-8-15(16,17)18)13(19-12)11-6-4-10(2)5-7-11/h4-7,12-13,19H,3,8-9H2,1-2H3. The van der Waals surface area contributed by atoms with Crippen LogP contribution in [0.3, 0.4) is 0 Å². The molecule has 1 amide bonds. The number of aryl methyl sites for hydroxylation is 1. The molecule has 116 valence electrons. The number of rotatable bonds is 4. The minimum atomic E-state index is -4.26. The maximum absolute atomic E-state index is 12.4. The maximum atomic E-state index is 12.4. The number of hydrogen-bond acceptors (Lipinski definition) is 2. The number of nitrogens with zero attached hydrogens (tertiary/aromatic N) is 1. The molecule has 1 aliphatic rings. The Morgan fingerprint density at radius 3 is 2.38 bits per heavy atom. The monoisotopic (exact) mass is 300 g/mol. The number of halogens is 3. The van der Waals surface area contributed by atoms with Crippen molar-refractivity contribution in [3.05, 3.63) is 35.4 Å². The second-order valence-electron chi connectivity index (χ2n) is 5.34. The summed E-state index contributed by atoms with van der Waals surface area (Å²) in [5.41, 5.74) is 1.88. The van der Waals surface area contributed by atoms with Crippen molar-refractivity contribution < 1.29 is 18.0 Å². The Kier molecular flexibility index (Phi) is 4.56. The number of amides is 1. The predicted molar refractivity (Wildman–Crippen MR) is 73.5 cm³/mol. The first kappa shape index (κ1) is 15.8. The molecular formula is C15H19F3N2O. The third-order valence-electron chi connectivity index (χ3n) is 3.69. The lowest BCUT2D eigenvalue weighted by atomic mass is 10.1. The van der Waals surface area contributed by atoms with Crippen molar-refractivity contribution in [2.45, 2.75) is 45.1 Å². The molecule has 0 aromatic heterocycles. The van der Waals surface area contributed by atoms with Gasteiger partial charge in [-0.2, -0.15) is 13.2 Å². The van der Waals surface area contributed by atoms with E-state index in [2.05, 4.69) is 5.32 Å². The predicted octanol–water partition coefficient (Wildman–Crippen LogP) is 3.16. The zero-order valence-electron chi connectivity index (χ0n) is 12.1. The third-order valence-corrected chi connectivity index (χ3v) is 3.69. The van der Waals surface area contributed by atoms with Crippen LogP contribution in [0.4, 0.5) is 13.2 Å². The lowest BCUT2D eigenvalue weighted by Crippen LogP contribution is -2.34. The van der Waals surface area contributed by atoms with Crippen LogP contribution in [-0.4, -0.2) is 29.6 Å². The number of carbonyl (C=O) groups excluding carboxylic acids is 1. The lowest BCUT2D eigenvalue weighted by Gasteiger charge is -2.25. The summed E-state index contributed by atoms with van der Waals surface area (Å²) in [5, 5.41) is 3.12. The molecule has 1 aliphatic heterocycles. The van der Waals surface area contributed by atoms with Crippen molar-refractivity contribution in [2.75, 3.05) is 6.54 Å². The molecule has 1 heterocycles. The number of nitrogens with one attached hydrogen (secondary N) is 1. The highest BCUT2D eigenvalue weighted by Crippen LogP contribution is 2.29. The van der Waals surface area contributed by atoms with Gasteiger partial charge in [-0.3, -0.25) is 10.1 Å². The Morgan fingerprint density at radius 2 is 1.86 bits per heavy atom. The molecule has 0 aliphatic carbocycles. The lowest BCUT2D eigenvalue weighted by molar-refractivity contribution is -0.145. The fourth-order valence-corrected chi connectivity index (χ4v) is 2.48. The normalized spacial score (nSPS) is 22.9. The van der Waals surface area contributed by atoms with E-state index in [1.807, 2.05) is 38.1 Å². The Labute approximate surface area is 122 Å². The summed E-state index contributed by atoms with van der Waals surface area (Å²) in [6.07, 6.45) is -5.17. The molecule has 2 rings (SSSR count). The number of carbonyl (C=O) groups is 1. The first-order chi connectivity index (χ1) is 9.81. The van der Waals surface area contributed by atoms with Gasteiger partial charge < -0.3 is 4.90 Å². The van der Waals surface area contributed by atoms with Crippen LogP contribution in [0.5, 0.6) is 0 Å². The van der Waals surface area contributed by atoms with Crippen molar-refractivity contribution in [2.24, 2.45) is 0 Å². The summed E-state index contributed by atoms with van der Waals surface area (Å²) in [6.45, 7) is 3.46. The fraction of sp³-hybridized carbons (Fsp3) is 0.533. The molecule has 1 aromatic rings. The van der Waals surface area contributed by atoms with Crippen molar-refractivity contribution in [3.8, 4) is 0 Å². The molecule has 1 N–H and O–H groups in total. The highest BCUT2D eigenvalue weighted by molar-refractivity contribution is 5.84. The molecule has 0 radical (unpaired) electrons. The van der Waals surface area contributed by atoms with Gasteiger partial charge in [0.15, 0.2) is 0 Å². The van der Waals surface area contributed by atoms with E-state index >= 15 is 0 Å². The summed E-state index contributed by atoms with van der Waals surface area (Å²) >= 11 is 0. The zero-order valence-corrected chi connectivity index (χ0v) is 12.1. The van der Waals surface area contributed by atoms with Crippen LogP contribution in [0.15, 0.2) is 24.3 Å². The first-order valence-corrected chi connectivity index (χ1v) is 7.01. The quantitative estimate of drug-likeness (QED) is 0.926. The molecule has 0 saturated carbocycles. The molecule has 1 saturated heterocycles. The highest BCUT2D eigenvalue weighted by atomic mass is 19.4. The smallest absolute Gasteiger partial charge is 0.321 e. The third kappa shape index (κ3) is 3.75. The van der Waals surface area contributed by atoms with Gasteiger partial charge >= 0.3 is 6.18 Å². The zero-order chi connectivity index (χ0) is 15.6. The molecule has 1 fully saturated rings. The summed E-state index contributed by atoms with van der Waals surface area (Å²) in [6, 6.07) is 7.06. The highest BCUT2D eigenvalue weighted by Gasteiger charge is 2.40. The summed E-state index contributed by atoms with van der Waals surface area (Å²) < 4.78 is 37.3. The van der Waals surface area contributed by atoms with E-state index in [9.17, 15) is 18.0 Å². The van der Waals surface area contributed by atoms with Crippen LogP contribution in [-0.2, 0) is 4.79 Å². The van der Waals surface area contributed by atoms with Gasteiger partial charge in [-0.25, -0.2) is 0 Å². The minimum absolute atomic E-state index is 0.257. The number of hydrogen-bond donors (Lipinski definition) is 1. The molecule has 3 nitrogen and oxygen atoms in total. The SMILES string of the molecule is CCC1NC(c2ccc(C)cc2)N(CCC(F)(F)F)C1=O. The number of alkyl halides is 3.